The number of aryl methyl sites for hydroxylation is 1. The van der Waals surface area contributed by atoms with Gasteiger partial charge in [0.2, 0.25) is 5.78 Å². The highest BCUT2D eigenvalue weighted by atomic mass is 16.1. The van der Waals surface area contributed by atoms with Crippen LogP contribution < -0.4 is 5.73 Å². The van der Waals surface area contributed by atoms with Crippen LogP contribution in [0.1, 0.15) is 16.1 Å². The number of benzene rings is 1. The van der Waals surface area contributed by atoms with E-state index in [1.165, 1.54) is 0 Å². The third-order valence-corrected chi connectivity index (χ3v) is 2.11. The van der Waals surface area contributed by atoms with Crippen molar-refractivity contribution >= 4 is 11.5 Å². The van der Waals surface area contributed by atoms with Gasteiger partial charge in [-0.2, -0.15) is 0 Å². The fraction of sp³-hybridized carbons (Fsp3) is 0.0909. The number of hydrogen-bond acceptors (Lipinski definition) is 3. The van der Waals surface area contributed by atoms with Gasteiger partial charge in [-0.3, -0.25) is 4.79 Å². The van der Waals surface area contributed by atoms with Gasteiger partial charge in [-0.05, 0) is 24.3 Å². The molecule has 4 nitrogen and oxygen atoms in total. The summed E-state index contributed by atoms with van der Waals surface area (Å²) in [7, 11) is 1.83. The predicted molar refractivity (Wildman–Crippen MR) is 57.5 cm³/mol. The monoisotopic (exact) mass is 201 g/mol. The van der Waals surface area contributed by atoms with Crippen molar-refractivity contribution in [3.05, 3.63) is 48.0 Å². The fourth-order valence-corrected chi connectivity index (χ4v) is 1.31. The number of imidazole rings is 1. The molecule has 0 radical (unpaired) electrons. The lowest BCUT2D eigenvalue weighted by molar-refractivity contribution is 0.103. The molecule has 0 unspecified atom stereocenters. The van der Waals surface area contributed by atoms with Crippen molar-refractivity contribution in [3.63, 3.8) is 0 Å². The van der Waals surface area contributed by atoms with Crippen molar-refractivity contribution in [2.45, 2.75) is 0 Å². The summed E-state index contributed by atoms with van der Waals surface area (Å²) in [5, 5.41) is 0. The number of hydrogen-bond donors (Lipinski definition) is 1. The first kappa shape index (κ1) is 9.45. The molecule has 2 N–H and O–H groups in total. The number of carbonyl (C=O) groups excluding carboxylic acids is 1. The Kier molecular flexibility index (Phi) is 2.25. The van der Waals surface area contributed by atoms with Gasteiger partial charge in [-0.1, -0.05) is 0 Å². The molecule has 2 rings (SSSR count). The maximum absolute atomic E-state index is 11.9. The molecular formula is C11H11N3O. The summed E-state index contributed by atoms with van der Waals surface area (Å²) in [5.41, 5.74) is 7.23. The first-order chi connectivity index (χ1) is 7.16. The van der Waals surface area contributed by atoms with Crippen molar-refractivity contribution in [2.75, 3.05) is 5.73 Å². The summed E-state index contributed by atoms with van der Waals surface area (Å²) in [4.78, 5) is 15.9. The van der Waals surface area contributed by atoms with E-state index in [-0.39, 0.29) is 5.78 Å². The van der Waals surface area contributed by atoms with Crippen molar-refractivity contribution in [3.8, 4) is 0 Å². The highest BCUT2D eigenvalue weighted by Gasteiger charge is 2.10. The minimum atomic E-state index is -0.0874. The maximum Gasteiger partial charge on any atom is 0.212 e. The van der Waals surface area contributed by atoms with Gasteiger partial charge < -0.3 is 10.3 Å². The minimum Gasteiger partial charge on any atom is -0.399 e. The van der Waals surface area contributed by atoms with Crippen LogP contribution in [-0.4, -0.2) is 15.3 Å². The van der Waals surface area contributed by atoms with E-state index >= 15 is 0 Å². The summed E-state index contributed by atoms with van der Waals surface area (Å²) in [6.45, 7) is 0. The van der Waals surface area contributed by atoms with E-state index in [0.29, 0.717) is 16.9 Å². The SMILES string of the molecule is Cn1cnc(C(=O)c2ccc(N)cc2)c1. The van der Waals surface area contributed by atoms with Gasteiger partial charge in [0.25, 0.3) is 0 Å². The molecule has 1 aromatic carbocycles. The zero-order valence-corrected chi connectivity index (χ0v) is 8.34. The van der Waals surface area contributed by atoms with Gasteiger partial charge in [0, 0.05) is 24.5 Å². The van der Waals surface area contributed by atoms with Gasteiger partial charge >= 0.3 is 0 Å². The average molecular weight is 201 g/mol. The third kappa shape index (κ3) is 1.88. The van der Waals surface area contributed by atoms with E-state index in [1.54, 1.807) is 41.4 Å². The zero-order valence-electron chi connectivity index (χ0n) is 8.34. The normalized spacial score (nSPS) is 10.2. The average Bonchev–Trinajstić information content (AvgIpc) is 2.65. The molecule has 0 saturated carbocycles. The molecule has 0 aliphatic carbocycles. The molecule has 4 heteroatoms. The molecule has 0 spiro atoms. The van der Waals surface area contributed by atoms with Crippen molar-refractivity contribution < 1.29 is 4.79 Å². The first-order valence-electron chi connectivity index (χ1n) is 4.55. The van der Waals surface area contributed by atoms with Crippen LogP contribution in [0.3, 0.4) is 0 Å². The smallest absolute Gasteiger partial charge is 0.212 e. The number of nitrogen functional groups attached to an aromatic ring is 1. The van der Waals surface area contributed by atoms with Crippen LogP contribution in [0.25, 0.3) is 0 Å². The Labute approximate surface area is 87.4 Å². The number of aromatic nitrogens is 2. The largest absolute Gasteiger partial charge is 0.399 e. The van der Waals surface area contributed by atoms with Crippen LogP contribution in [0, 0.1) is 0 Å². The van der Waals surface area contributed by atoms with E-state index in [2.05, 4.69) is 4.98 Å². The van der Waals surface area contributed by atoms with Crippen LogP contribution >= 0.6 is 0 Å². The quantitative estimate of drug-likeness (QED) is 0.587. The Morgan fingerprint density at radius 2 is 2.00 bits per heavy atom. The lowest BCUT2D eigenvalue weighted by Gasteiger charge is -1.97. The summed E-state index contributed by atoms with van der Waals surface area (Å²) < 4.78 is 1.74. The van der Waals surface area contributed by atoms with Crippen LogP contribution in [0.5, 0.6) is 0 Å². The Balaban J connectivity index is 2.32. The Hall–Kier alpha value is -2.10. The van der Waals surface area contributed by atoms with Crippen LogP contribution in [0.2, 0.25) is 0 Å². The molecule has 0 bridgehead atoms. The van der Waals surface area contributed by atoms with Gasteiger partial charge in [0.05, 0.1) is 6.33 Å². The van der Waals surface area contributed by atoms with Crippen molar-refractivity contribution in [1.29, 1.82) is 0 Å². The Bertz CT molecular complexity index is 485. The topological polar surface area (TPSA) is 60.9 Å². The highest BCUT2D eigenvalue weighted by Crippen LogP contribution is 2.10. The molecule has 0 aliphatic rings. The number of ketones is 1. The Morgan fingerprint density at radius 1 is 1.33 bits per heavy atom. The number of nitrogens with two attached hydrogens (primary N) is 1. The molecule has 76 valence electrons. The van der Waals surface area contributed by atoms with Crippen LogP contribution in [0.15, 0.2) is 36.8 Å². The molecule has 0 fully saturated rings. The molecule has 2 aromatic rings. The summed E-state index contributed by atoms with van der Waals surface area (Å²) in [6, 6.07) is 6.81. The molecule has 0 saturated heterocycles. The van der Waals surface area contributed by atoms with Gasteiger partial charge in [0.15, 0.2) is 0 Å². The number of rotatable bonds is 2. The summed E-state index contributed by atoms with van der Waals surface area (Å²) in [5.74, 6) is -0.0874. The van der Waals surface area contributed by atoms with Crippen molar-refractivity contribution in [1.82, 2.24) is 9.55 Å². The van der Waals surface area contributed by atoms with Gasteiger partial charge in [-0.15, -0.1) is 0 Å². The molecular weight excluding hydrogens is 190 g/mol. The number of carbonyl (C=O) groups is 1. The maximum atomic E-state index is 11.9. The number of nitrogens with zero attached hydrogens (tertiary/aromatic N) is 2. The number of anilines is 1. The lowest BCUT2D eigenvalue weighted by atomic mass is 10.1. The summed E-state index contributed by atoms with van der Waals surface area (Å²) in [6.07, 6.45) is 3.29. The second-order valence-corrected chi connectivity index (χ2v) is 3.38. The minimum absolute atomic E-state index is 0.0874. The third-order valence-electron chi connectivity index (χ3n) is 2.11. The second-order valence-electron chi connectivity index (χ2n) is 3.38. The van der Waals surface area contributed by atoms with Gasteiger partial charge in [-0.25, -0.2) is 4.98 Å². The van der Waals surface area contributed by atoms with Crippen LogP contribution in [0.4, 0.5) is 5.69 Å². The van der Waals surface area contributed by atoms with E-state index in [0.717, 1.165) is 0 Å². The Morgan fingerprint density at radius 3 is 2.53 bits per heavy atom. The molecule has 0 amide bonds. The first-order valence-corrected chi connectivity index (χ1v) is 4.55. The van der Waals surface area contributed by atoms with E-state index < -0.39 is 0 Å². The molecule has 1 aromatic heterocycles. The van der Waals surface area contributed by atoms with Crippen molar-refractivity contribution in [2.24, 2.45) is 7.05 Å². The molecule has 1 heterocycles. The van der Waals surface area contributed by atoms with E-state index in [1.807, 2.05) is 7.05 Å². The summed E-state index contributed by atoms with van der Waals surface area (Å²) >= 11 is 0. The fourth-order valence-electron chi connectivity index (χ4n) is 1.31. The standard InChI is InChI=1S/C11H11N3O/c1-14-6-10(13-7-14)11(15)8-2-4-9(12)5-3-8/h2-7H,12H2,1H3. The highest BCUT2D eigenvalue weighted by molar-refractivity contribution is 6.07. The lowest BCUT2D eigenvalue weighted by Crippen LogP contribution is -2.01. The molecule has 0 atom stereocenters. The molecule has 0 aliphatic heterocycles. The second kappa shape index (κ2) is 3.57. The van der Waals surface area contributed by atoms with Gasteiger partial charge in [0.1, 0.15) is 5.69 Å². The van der Waals surface area contributed by atoms with Crippen LogP contribution in [-0.2, 0) is 7.05 Å². The predicted octanol–water partition coefficient (Wildman–Crippen LogP) is 1.23. The van der Waals surface area contributed by atoms with E-state index in [4.69, 9.17) is 5.73 Å². The van der Waals surface area contributed by atoms with E-state index in [9.17, 15) is 4.79 Å². The zero-order chi connectivity index (χ0) is 10.8. The molecule has 15 heavy (non-hydrogen) atoms.